The number of amides is 2. The highest BCUT2D eigenvalue weighted by molar-refractivity contribution is 5.88. The smallest absolute Gasteiger partial charge is 0.261 e. The van der Waals surface area contributed by atoms with Crippen molar-refractivity contribution in [3.63, 3.8) is 0 Å². The first-order chi connectivity index (χ1) is 17.9. The third kappa shape index (κ3) is 8.00. The van der Waals surface area contributed by atoms with Crippen LogP contribution >= 0.6 is 0 Å². The molecule has 0 fully saturated rings. The summed E-state index contributed by atoms with van der Waals surface area (Å²) in [5.74, 6) is 1.07. The van der Waals surface area contributed by atoms with Crippen molar-refractivity contribution < 1.29 is 23.8 Å². The van der Waals surface area contributed by atoms with Crippen LogP contribution in [-0.4, -0.2) is 50.1 Å². The van der Waals surface area contributed by atoms with Crippen molar-refractivity contribution in [1.82, 2.24) is 10.2 Å². The lowest BCUT2D eigenvalue weighted by Crippen LogP contribution is -2.51. The summed E-state index contributed by atoms with van der Waals surface area (Å²) in [6, 6.07) is 22.0. The van der Waals surface area contributed by atoms with Crippen molar-refractivity contribution in [3.05, 3.63) is 89.5 Å². The monoisotopic (exact) mass is 504 g/mol. The lowest BCUT2D eigenvalue weighted by molar-refractivity contribution is -0.142. The number of carbonyl (C=O) groups is 2. The van der Waals surface area contributed by atoms with Crippen LogP contribution in [0.25, 0.3) is 0 Å². The SMILES string of the molecule is CCCNC(=O)[C@@H](Cc1ccccc1)N(Cc1ccccc1C)C(=O)COc1cc(OC)cc(OC)c1. The molecule has 0 saturated heterocycles. The zero-order valence-corrected chi connectivity index (χ0v) is 22.0. The lowest BCUT2D eigenvalue weighted by atomic mass is 10.0. The minimum Gasteiger partial charge on any atom is -0.496 e. The van der Waals surface area contributed by atoms with E-state index in [-0.39, 0.29) is 25.0 Å². The summed E-state index contributed by atoms with van der Waals surface area (Å²) in [5, 5.41) is 2.99. The maximum atomic E-state index is 13.7. The zero-order valence-electron chi connectivity index (χ0n) is 22.0. The number of rotatable bonds is 13. The van der Waals surface area contributed by atoms with E-state index in [1.807, 2.05) is 68.4 Å². The van der Waals surface area contributed by atoms with Crippen LogP contribution in [0.2, 0.25) is 0 Å². The molecule has 0 aliphatic heterocycles. The van der Waals surface area contributed by atoms with E-state index in [0.29, 0.717) is 30.2 Å². The van der Waals surface area contributed by atoms with Gasteiger partial charge in [0.05, 0.1) is 14.2 Å². The van der Waals surface area contributed by atoms with Gasteiger partial charge in [-0.15, -0.1) is 0 Å². The van der Waals surface area contributed by atoms with Crippen LogP contribution in [0.3, 0.4) is 0 Å². The molecule has 37 heavy (non-hydrogen) atoms. The highest BCUT2D eigenvalue weighted by Gasteiger charge is 2.30. The van der Waals surface area contributed by atoms with Crippen LogP contribution in [0.1, 0.15) is 30.0 Å². The number of hydrogen-bond donors (Lipinski definition) is 1. The first-order valence-corrected chi connectivity index (χ1v) is 12.5. The Morgan fingerprint density at radius 2 is 1.51 bits per heavy atom. The van der Waals surface area contributed by atoms with Crippen molar-refractivity contribution in [2.75, 3.05) is 27.4 Å². The predicted octanol–water partition coefficient (Wildman–Crippen LogP) is 4.56. The van der Waals surface area contributed by atoms with Gasteiger partial charge < -0.3 is 24.4 Å². The summed E-state index contributed by atoms with van der Waals surface area (Å²) < 4.78 is 16.5. The Hall–Kier alpha value is -4.00. The molecule has 1 N–H and O–H groups in total. The van der Waals surface area contributed by atoms with Gasteiger partial charge in [0.15, 0.2) is 6.61 Å². The molecule has 2 amide bonds. The number of aryl methyl sites for hydroxylation is 1. The molecule has 0 saturated carbocycles. The van der Waals surface area contributed by atoms with E-state index < -0.39 is 6.04 Å². The van der Waals surface area contributed by atoms with Gasteiger partial charge in [0, 0.05) is 37.7 Å². The first kappa shape index (κ1) is 27.6. The number of nitrogens with one attached hydrogen (secondary N) is 1. The Morgan fingerprint density at radius 3 is 2.14 bits per heavy atom. The third-order valence-corrected chi connectivity index (χ3v) is 6.11. The van der Waals surface area contributed by atoms with Gasteiger partial charge in [0.1, 0.15) is 23.3 Å². The number of hydrogen-bond acceptors (Lipinski definition) is 5. The van der Waals surface area contributed by atoms with Crippen LogP contribution in [0.5, 0.6) is 17.2 Å². The van der Waals surface area contributed by atoms with E-state index in [0.717, 1.165) is 23.1 Å². The van der Waals surface area contributed by atoms with Crippen LogP contribution < -0.4 is 19.5 Å². The van der Waals surface area contributed by atoms with Gasteiger partial charge in [-0.05, 0) is 30.0 Å². The Bertz CT molecular complexity index is 1140. The Labute approximate surface area is 219 Å². The lowest BCUT2D eigenvalue weighted by Gasteiger charge is -2.32. The summed E-state index contributed by atoms with van der Waals surface area (Å²) in [7, 11) is 3.10. The van der Waals surface area contributed by atoms with Gasteiger partial charge in [0.25, 0.3) is 5.91 Å². The second-order valence-electron chi connectivity index (χ2n) is 8.78. The number of carbonyl (C=O) groups excluding carboxylic acids is 2. The van der Waals surface area contributed by atoms with E-state index in [2.05, 4.69) is 5.32 Å². The van der Waals surface area contributed by atoms with E-state index in [1.54, 1.807) is 37.3 Å². The van der Waals surface area contributed by atoms with E-state index in [4.69, 9.17) is 14.2 Å². The molecule has 0 unspecified atom stereocenters. The second kappa shape index (κ2) is 13.9. The quantitative estimate of drug-likeness (QED) is 0.369. The maximum absolute atomic E-state index is 13.7. The summed E-state index contributed by atoms with van der Waals surface area (Å²) in [4.78, 5) is 28.7. The van der Waals surface area contributed by atoms with Gasteiger partial charge in [-0.1, -0.05) is 61.5 Å². The molecule has 7 nitrogen and oxygen atoms in total. The Morgan fingerprint density at radius 1 is 0.892 bits per heavy atom. The average molecular weight is 505 g/mol. The van der Waals surface area contributed by atoms with E-state index in [9.17, 15) is 9.59 Å². The minimum atomic E-state index is -0.704. The van der Waals surface area contributed by atoms with Gasteiger partial charge in [0.2, 0.25) is 5.91 Å². The molecular formula is C30H36N2O5. The summed E-state index contributed by atoms with van der Waals surface area (Å²) in [6.07, 6.45) is 1.19. The van der Waals surface area contributed by atoms with Gasteiger partial charge in [-0.2, -0.15) is 0 Å². The molecule has 0 bridgehead atoms. The van der Waals surface area contributed by atoms with Gasteiger partial charge >= 0.3 is 0 Å². The molecule has 0 spiro atoms. The van der Waals surface area contributed by atoms with Crippen molar-refractivity contribution in [1.29, 1.82) is 0 Å². The van der Waals surface area contributed by atoms with Crippen molar-refractivity contribution in [2.45, 2.75) is 39.3 Å². The van der Waals surface area contributed by atoms with Crippen molar-refractivity contribution in [2.24, 2.45) is 0 Å². The van der Waals surface area contributed by atoms with Crippen LogP contribution in [0, 0.1) is 6.92 Å². The largest absolute Gasteiger partial charge is 0.496 e. The highest BCUT2D eigenvalue weighted by Crippen LogP contribution is 2.27. The minimum absolute atomic E-state index is 0.185. The van der Waals surface area contributed by atoms with Gasteiger partial charge in [-0.3, -0.25) is 9.59 Å². The predicted molar refractivity (Wildman–Crippen MR) is 144 cm³/mol. The summed E-state index contributed by atoms with van der Waals surface area (Å²) in [6.45, 7) is 4.58. The molecule has 0 aliphatic carbocycles. The zero-order chi connectivity index (χ0) is 26.6. The molecule has 0 aliphatic rings. The highest BCUT2D eigenvalue weighted by atomic mass is 16.5. The summed E-state index contributed by atoms with van der Waals surface area (Å²) in [5.41, 5.74) is 2.99. The Balaban J connectivity index is 1.91. The molecular weight excluding hydrogens is 468 g/mol. The molecule has 0 radical (unpaired) electrons. The Kier molecular flexibility index (Phi) is 10.4. The fraction of sp³-hybridized carbons (Fsp3) is 0.333. The molecule has 3 aromatic rings. The average Bonchev–Trinajstić information content (AvgIpc) is 2.93. The fourth-order valence-electron chi connectivity index (χ4n) is 3.98. The van der Waals surface area contributed by atoms with E-state index in [1.165, 1.54) is 0 Å². The maximum Gasteiger partial charge on any atom is 0.261 e. The van der Waals surface area contributed by atoms with Crippen LogP contribution in [0.15, 0.2) is 72.8 Å². The first-order valence-electron chi connectivity index (χ1n) is 12.5. The van der Waals surface area contributed by atoms with Gasteiger partial charge in [-0.25, -0.2) is 0 Å². The number of methoxy groups -OCH3 is 2. The van der Waals surface area contributed by atoms with Crippen molar-refractivity contribution >= 4 is 11.8 Å². The molecule has 3 rings (SSSR count). The molecule has 7 heteroatoms. The van der Waals surface area contributed by atoms with Crippen molar-refractivity contribution in [3.8, 4) is 17.2 Å². The second-order valence-corrected chi connectivity index (χ2v) is 8.78. The summed E-state index contributed by atoms with van der Waals surface area (Å²) >= 11 is 0. The molecule has 196 valence electrons. The van der Waals surface area contributed by atoms with Crippen LogP contribution in [-0.2, 0) is 22.6 Å². The van der Waals surface area contributed by atoms with E-state index >= 15 is 0 Å². The molecule has 0 aromatic heterocycles. The molecule has 0 heterocycles. The normalized spacial score (nSPS) is 11.4. The number of nitrogens with zero attached hydrogens (tertiary/aromatic N) is 1. The topological polar surface area (TPSA) is 77.1 Å². The third-order valence-electron chi connectivity index (χ3n) is 6.11. The number of benzene rings is 3. The molecule has 3 aromatic carbocycles. The fourth-order valence-corrected chi connectivity index (χ4v) is 3.98. The van der Waals surface area contributed by atoms with Crippen LogP contribution in [0.4, 0.5) is 0 Å². The standard InChI is InChI=1S/C30H36N2O5/c1-5-15-31-30(34)28(16-23-12-7-6-8-13-23)32(20-24-14-10-9-11-22(24)2)29(33)21-37-27-18-25(35-3)17-26(19-27)36-4/h6-14,17-19,28H,5,15-16,20-21H2,1-4H3,(H,31,34)/t28-/m1/s1. The molecule has 1 atom stereocenters. The number of ether oxygens (including phenoxy) is 3.